The summed E-state index contributed by atoms with van der Waals surface area (Å²) in [5, 5.41) is 8.69. The maximum Gasteiger partial charge on any atom is 0.231 e. The number of nitrogens with zero attached hydrogens (tertiary/aromatic N) is 6. The second-order valence-corrected chi connectivity index (χ2v) is 7.88. The van der Waals surface area contributed by atoms with Crippen molar-refractivity contribution in [3.05, 3.63) is 54.7 Å². The van der Waals surface area contributed by atoms with Gasteiger partial charge in [-0.15, -0.1) is 0 Å². The Labute approximate surface area is 192 Å². The van der Waals surface area contributed by atoms with Gasteiger partial charge < -0.3 is 24.6 Å². The van der Waals surface area contributed by atoms with Crippen LogP contribution >= 0.6 is 0 Å². The van der Waals surface area contributed by atoms with Gasteiger partial charge in [-0.3, -0.25) is 4.68 Å². The van der Waals surface area contributed by atoms with Crippen LogP contribution in [0.15, 0.2) is 54.7 Å². The fraction of sp³-hybridized carbons (Fsp3) is 0.292. The third-order valence-corrected chi connectivity index (χ3v) is 5.91. The van der Waals surface area contributed by atoms with Crippen molar-refractivity contribution in [2.75, 3.05) is 55.5 Å². The SMILES string of the molecule is COc1ccc(Nc2nc(N3CCN(c4ccccc4)CC3)c3cnn(C)c3n2)cc1OC. The van der Waals surface area contributed by atoms with Crippen LogP contribution < -0.4 is 24.6 Å². The average Bonchev–Trinajstić information content (AvgIpc) is 3.24. The first kappa shape index (κ1) is 20.9. The Kier molecular flexibility index (Phi) is 5.60. The van der Waals surface area contributed by atoms with Crippen molar-refractivity contribution in [3.63, 3.8) is 0 Å². The minimum atomic E-state index is 0.513. The van der Waals surface area contributed by atoms with E-state index in [1.165, 1.54) is 5.69 Å². The Morgan fingerprint density at radius 1 is 0.848 bits per heavy atom. The lowest BCUT2D eigenvalue weighted by atomic mass is 10.2. The predicted octanol–water partition coefficient (Wildman–Crippen LogP) is 3.45. The third kappa shape index (κ3) is 4.09. The van der Waals surface area contributed by atoms with Crippen molar-refractivity contribution < 1.29 is 9.47 Å². The molecule has 170 valence electrons. The minimum Gasteiger partial charge on any atom is -0.493 e. The van der Waals surface area contributed by atoms with Crippen molar-refractivity contribution in [3.8, 4) is 11.5 Å². The molecule has 1 N–H and O–H groups in total. The first-order valence-electron chi connectivity index (χ1n) is 10.9. The van der Waals surface area contributed by atoms with Gasteiger partial charge >= 0.3 is 0 Å². The Bertz CT molecular complexity index is 1250. The highest BCUT2D eigenvalue weighted by Gasteiger charge is 2.22. The normalized spacial score (nSPS) is 13.9. The van der Waals surface area contributed by atoms with Crippen LogP contribution in [0, 0.1) is 0 Å². The van der Waals surface area contributed by atoms with Crippen LogP contribution in [-0.2, 0) is 7.05 Å². The molecule has 33 heavy (non-hydrogen) atoms. The zero-order valence-electron chi connectivity index (χ0n) is 19.0. The summed E-state index contributed by atoms with van der Waals surface area (Å²) in [7, 11) is 5.13. The topological polar surface area (TPSA) is 80.6 Å². The van der Waals surface area contributed by atoms with Crippen LogP contribution in [-0.4, -0.2) is 60.1 Å². The van der Waals surface area contributed by atoms with Gasteiger partial charge in [0, 0.05) is 50.7 Å². The molecule has 3 heterocycles. The van der Waals surface area contributed by atoms with Crippen molar-refractivity contribution in [1.82, 2.24) is 19.7 Å². The molecule has 0 saturated carbocycles. The Balaban J connectivity index is 1.43. The number of aromatic nitrogens is 4. The molecule has 0 bridgehead atoms. The van der Waals surface area contributed by atoms with Crippen molar-refractivity contribution in [1.29, 1.82) is 0 Å². The number of benzene rings is 2. The van der Waals surface area contributed by atoms with E-state index >= 15 is 0 Å². The van der Waals surface area contributed by atoms with E-state index in [1.54, 1.807) is 18.9 Å². The van der Waals surface area contributed by atoms with Gasteiger partial charge in [0.05, 0.1) is 25.8 Å². The predicted molar refractivity (Wildman–Crippen MR) is 130 cm³/mol. The molecule has 1 aliphatic heterocycles. The van der Waals surface area contributed by atoms with E-state index in [0.29, 0.717) is 17.4 Å². The Hall–Kier alpha value is -4.01. The first-order valence-corrected chi connectivity index (χ1v) is 10.9. The van der Waals surface area contributed by atoms with Crippen LogP contribution in [0.4, 0.5) is 23.1 Å². The number of methoxy groups -OCH3 is 2. The van der Waals surface area contributed by atoms with Gasteiger partial charge in [0.15, 0.2) is 17.1 Å². The lowest BCUT2D eigenvalue weighted by molar-refractivity contribution is 0.355. The van der Waals surface area contributed by atoms with Gasteiger partial charge in [0.25, 0.3) is 0 Å². The number of hydrogen-bond donors (Lipinski definition) is 1. The molecule has 2 aromatic heterocycles. The van der Waals surface area contributed by atoms with E-state index in [0.717, 1.165) is 48.7 Å². The van der Waals surface area contributed by atoms with Gasteiger partial charge in [0.2, 0.25) is 5.95 Å². The largest absolute Gasteiger partial charge is 0.493 e. The molecule has 0 spiro atoms. The van der Waals surface area contributed by atoms with E-state index in [2.05, 4.69) is 44.5 Å². The standard InChI is InChI=1S/C24H27N7O2/c1-29-22-19(16-25-29)23(31-13-11-30(12-14-31)18-7-5-4-6-8-18)28-24(27-22)26-17-9-10-20(32-2)21(15-17)33-3/h4-10,15-16H,11-14H2,1-3H3,(H,26,27,28). The molecular weight excluding hydrogens is 418 g/mol. The molecule has 0 amide bonds. The molecule has 9 nitrogen and oxygen atoms in total. The zero-order chi connectivity index (χ0) is 22.8. The second-order valence-electron chi connectivity index (χ2n) is 7.88. The molecule has 2 aromatic carbocycles. The highest BCUT2D eigenvalue weighted by Crippen LogP contribution is 2.32. The molecule has 4 aromatic rings. The van der Waals surface area contributed by atoms with Gasteiger partial charge in [-0.2, -0.15) is 15.1 Å². The quantitative estimate of drug-likeness (QED) is 0.483. The third-order valence-electron chi connectivity index (χ3n) is 5.91. The van der Waals surface area contributed by atoms with Crippen LogP contribution in [0.2, 0.25) is 0 Å². The molecule has 0 atom stereocenters. The molecule has 1 fully saturated rings. The fourth-order valence-electron chi connectivity index (χ4n) is 4.16. The fourth-order valence-corrected chi connectivity index (χ4v) is 4.16. The maximum absolute atomic E-state index is 5.42. The Morgan fingerprint density at radius 3 is 2.30 bits per heavy atom. The summed E-state index contributed by atoms with van der Waals surface area (Å²) in [5.74, 6) is 2.71. The summed E-state index contributed by atoms with van der Waals surface area (Å²) in [4.78, 5) is 14.3. The number of aryl methyl sites for hydroxylation is 1. The van der Waals surface area contributed by atoms with E-state index in [1.807, 2.05) is 37.5 Å². The zero-order valence-corrected chi connectivity index (χ0v) is 19.0. The number of ether oxygens (including phenoxy) is 2. The van der Waals surface area contributed by atoms with Crippen LogP contribution in [0.25, 0.3) is 11.0 Å². The lowest BCUT2D eigenvalue weighted by Crippen LogP contribution is -2.47. The summed E-state index contributed by atoms with van der Waals surface area (Å²) in [6, 6.07) is 16.2. The molecule has 9 heteroatoms. The highest BCUT2D eigenvalue weighted by molar-refractivity contribution is 5.88. The average molecular weight is 446 g/mol. The van der Waals surface area contributed by atoms with Crippen LogP contribution in [0.1, 0.15) is 0 Å². The number of anilines is 4. The van der Waals surface area contributed by atoms with Gasteiger partial charge in [-0.25, -0.2) is 0 Å². The molecule has 0 radical (unpaired) electrons. The molecule has 5 rings (SSSR count). The van der Waals surface area contributed by atoms with E-state index < -0.39 is 0 Å². The van der Waals surface area contributed by atoms with Crippen molar-refractivity contribution in [2.45, 2.75) is 0 Å². The van der Waals surface area contributed by atoms with Crippen molar-refractivity contribution >= 4 is 34.2 Å². The number of para-hydroxylation sites is 1. The highest BCUT2D eigenvalue weighted by atomic mass is 16.5. The first-order chi connectivity index (χ1) is 16.2. The lowest BCUT2D eigenvalue weighted by Gasteiger charge is -2.37. The van der Waals surface area contributed by atoms with Gasteiger partial charge in [-0.05, 0) is 24.3 Å². The molecule has 0 unspecified atom stereocenters. The van der Waals surface area contributed by atoms with Crippen LogP contribution in [0.3, 0.4) is 0 Å². The van der Waals surface area contributed by atoms with E-state index in [9.17, 15) is 0 Å². The molecule has 0 aliphatic carbocycles. The minimum absolute atomic E-state index is 0.513. The van der Waals surface area contributed by atoms with Crippen molar-refractivity contribution in [2.24, 2.45) is 7.05 Å². The summed E-state index contributed by atoms with van der Waals surface area (Å²) in [6.45, 7) is 3.58. The smallest absolute Gasteiger partial charge is 0.231 e. The molecule has 1 saturated heterocycles. The summed E-state index contributed by atoms with van der Waals surface area (Å²) in [5.41, 5.74) is 2.85. The summed E-state index contributed by atoms with van der Waals surface area (Å²) in [6.07, 6.45) is 1.84. The maximum atomic E-state index is 5.42. The van der Waals surface area contributed by atoms with E-state index in [-0.39, 0.29) is 0 Å². The number of fused-ring (bicyclic) bond motifs is 1. The Morgan fingerprint density at radius 2 is 1.58 bits per heavy atom. The number of hydrogen-bond acceptors (Lipinski definition) is 8. The summed E-state index contributed by atoms with van der Waals surface area (Å²) >= 11 is 0. The van der Waals surface area contributed by atoms with Crippen LogP contribution in [0.5, 0.6) is 11.5 Å². The summed E-state index contributed by atoms with van der Waals surface area (Å²) < 4.78 is 12.5. The number of nitrogens with one attached hydrogen (secondary N) is 1. The number of piperazine rings is 1. The second kappa shape index (κ2) is 8.85. The van der Waals surface area contributed by atoms with Gasteiger partial charge in [0.1, 0.15) is 5.82 Å². The van der Waals surface area contributed by atoms with Gasteiger partial charge in [-0.1, -0.05) is 18.2 Å². The van der Waals surface area contributed by atoms with E-state index in [4.69, 9.17) is 19.4 Å². The molecular formula is C24H27N7O2. The molecule has 1 aliphatic rings. The monoisotopic (exact) mass is 445 g/mol. The number of rotatable bonds is 6.